The van der Waals surface area contributed by atoms with Crippen molar-refractivity contribution in [3.05, 3.63) is 131 Å². The molecule has 0 amide bonds. The lowest BCUT2D eigenvalue weighted by atomic mass is 10.1. The molecule has 0 aliphatic carbocycles. The van der Waals surface area contributed by atoms with Gasteiger partial charge in [-0.2, -0.15) is 9.61 Å². The van der Waals surface area contributed by atoms with Gasteiger partial charge in [0.15, 0.2) is 5.65 Å². The van der Waals surface area contributed by atoms with Gasteiger partial charge in [-0.25, -0.2) is 4.98 Å². The SMILES string of the molecule is CC.CC(C)/C=C\C=C/COc1ccccc1.CNCc1ccc(CNc2cc(-c3ccccc3O)nc3c(Br)cnn23)cc1. The van der Waals surface area contributed by atoms with E-state index in [-0.39, 0.29) is 5.75 Å². The molecule has 0 atom stereocenters. The number of hydrogen-bond acceptors (Lipinski definition) is 6. The Bertz CT molecular complexity index is 1630. The van der Waals surface area contributed by atoms with Crippen LogP contribution in [-0.2, 0) is 13.1 Å². The van der Waals surface area contributed by atoms with Gasteiger partial charge in [0.05, 0.1) is 16.4 Å². The summed E-state index contributed by atoms with van der Waals surface area (Å²) in [5.74, 6) is 2.51. The minimum atomic E-state index is 0.195. The van der Waals surface area contributed by atoms with Gasteiger partial charge >= 0.3 is 0 Å². The number of halogens is 1. The van der Waals surface area contributed by atoms with Crippen molar-refractivity contribution in [2.75, 3.05) is 19.0 Å². The Labute approximate surface area is 275 Å². The number of anilines is 1. The Morgan fingerprint density at radius 2 is 1.58 bits per heavy atom. The molecular formula is C37H44BrN5O2. The fourth-order valence-corrected chi connectivity index (χ4v) is 4.49. The van der Waals surface area contributed by atoms with Gasteiger partial charge in [0, 0.05) is 24.7 Å². The molecule has 236 valence electrons. The predicted molar refractivity (Wildman–Crippen MR) is 191 cm³/mol. The van der Waals surface area contributed by atoms with E-state index in [1.165, 1.54) is 11.1 Å². The van der Waals surface area contributed by atoms with Crippen LogP contribution in [0.2, 0.25) is 0 Å². The maximum Gasteiger partial charge on any atom is 0.172 e. The number of fused-ring (bicyclic) bond motifs is 1. The molecule has 8 heteroatoms. The zero-order chi connectivity index (χ0) is 32.4. The molecule has 2 aromatic heterocycles. The number of phenols is 1. The third kappa shape index (κ3) is 11.2. The molecule has 2 heterocycles. The summed E-state index contributed by atoms with van der Waals surface area (Å²) in [7, 11) is 1.94. The predicted octanol–water partition coefficient (Wildman–Crippen LogP) is 9.06. The lowest BCUT2D eigenvalue weighted by Gasteiger charge is -2.12. The summed E-state index contributed by atoms with van der Waals surface area (Å²) in [5, 5.41) is 21.2. The fourth-order valence-electron chi connectivity index (χ4n) is 4.14. The van der Waals surface area contributed by atoms with Crippen LogP contribution in [-0.4, -0.2) is 33.4 Å². The molecule has 3 N–H and O–H groups in total. The first-order chi connectivity index (χ1) is 21.9. The zero-order valence-electron chi connectivity index (χ0n) is 26.7. The van der Waals surface area contributed by atoms with Crippen molar-refractivity contribution in [3.63, 3.8) is 0 Å². The number of hydrogen-bond donors (Lipinski definition) is 3. The minimum Gasteiger partial charge on any atom is -0.507 e. The van der Waals surface area contributed by atoms with Crippen LogP contribution in [0.3, 0.4) is 0 Å². The van der Waals surface area contributed by atoms with Gasteiger partial charge in [-0.15, -0.1) is 0 Å². The smallest absolute Gasteiger partial charge is 0.172 e. The van der Waals surface area contributed by atoms with Crippen LogP contribution in [0.1, 0.15) is 38.8 Å². The van der Waals surface area contributed by atoms with Crippen molar-refractivity contribution in [2.45, 2.75) is 40.8 Å². The molecule has 0 aliphatic heterocycles. The van der Waals surface area contributed by atoms with Crippen molar-refractivity contribution in [3.8, 4) is 22.8 Å². The maximum absolute atomic E-state index is 10.2. The Kier molecular flexibility index (Phi) is 14.9. The van der Waals surface area contributed by atoms with Crippen molar-refractivity contribution < 1.29 is 9.84 Å². The summed E-state index contributed by atoms with van der Waals surface area (Å²) in [6.07, 6.45) is 9.95. The summed E-state index contributed by atoms with van der Waals surface area (Å²) in [5.41, 5.74) is 4.46. The molecule has 5 rings (SSSR count). The molecule has 5 aromatic rings. The molecule has 0 spiro atoms. The number of nitrogens with one attached hydrogen (secondary N) is 2. The highest BCUT2D eigenvalue weighted by Gasteiger charge is 2.13. The lowest BCUT2D eigenvalue weighted by molar-refractivity contribution is 0.363. The van der Waals surface area contributed by atoms with E-state index in [1.807, 2.05) is 81.6 Å². The molecule has 3 aromatic carbocycles. The van der Waals surface area contributed by atoms with Gasteiger partial charge in [-0.3, -0.25) is 0 Å². The fraction of sp³-hybridized carbons (Fsp3) is 0.243. The monoisotopic (exact) mass is 669 g/mol. The van der Waals surface area contributed by atoms with E-state index < -0.39 is 0 Å². The quantitative estimate of drug-likeness (QED) is 0.122. The minimum absolute atomic E-state index is 0.195. The van der Waals surface area contributed by atoms with Gasteiger partial charge in [-0.1, -0.05) is 101 Å². The first kappa shape index (κ1) is 35.1. The summed E-state index contributed by atoms with van der Waals surface area (Å²) in [6.45, 7) is 10.4. The third-order valence-electron chi connectivity index (χ3n) is 6.32. The van der Waals surface area contributed by atoms with Crippen molar-refractivity contribution in [1.29, 1.82) is 0 Å². The average molecular weight is 671 g/mol. The van der Waals surface area contributed by atoms with Crippen molar-refractivity contribution in [2.24, 2.45) is 5.92 Å². The van der Waals surface area contributed by atoms with Gasteiger partial charge in [0.25, 0.3) is 0 Å². The molecule has 0 saturated carbocycles. The standard InChI is InChI=1S/C21H20BrN5O.C14H18O.C2H6/c1-23-11-14-6-8-15(9-7-14)12-24-20-10-18(16-4-2-3-5-19(16)28)26-21-17(22)13-25-27(20)21;1-13(2)9-5-4-8-12-15-14-10-6-3-7-11-14;1-2/h2-10,13,23-24,28H,11-12H2,1H3;3-11,13H,12H2,1-2H3;1-2H3/b;8-4-,9-5-;. The van der Waals surface area contributed by atoms with Crippen LogP contribution in [0, 0.1) is 5.92 Å². The van der Waals surface area contributed by atoms with Crippen molar-refractivity contribution in [1.82, 2.24) is 19.9 Å². The summed E-state index contributed by atoms with van der Waals surface area (Å²) < 4.78 is 8.04. The number of aromatic nitrogens is 3. The molecule has 0 unspecified atom stereocenters. The van der Waals surface area contributed by atoms with Crippen molar-refractivity contribution >= 4 is 27.4 Å². The number of benzene rings is 3. The summed E-state index contributed by atoms with van der Waals surface area (Å²) >= 11 is 3.50. The second-order valence-electron chi connectivity index (χ2n) is 10.2. The van der Waals surface area contributed by atoms with E-state index >= 15 is 0 Å². The first-order valence-corrected chi connectivity index (χ1v) is 16.0. The highest BCUT2D eigenvalue weighted by Crippen LogP contribution is 2.31. The van der Waals surface area contributed by atoms with Crippen LogP contribution in [0.4, 0.5) is 5.82 Å². The first-order valence-electron chi connectivity index (χ1n) is 15.2. The Hall–Kier alpha value is -4.40. The number of rotatable bonds is 11. The Balaban J connectivity index is 0.000000276. The van der Waals surface area contributed by atoms with E-state index in [2.05, 4.69) is 86.9 Å². The third-order valence-corrected chi connectivity index (χ3v) is 6.88. The Morgan fingerprint density at radius 1 is 0.911 bits per heavy atom. The van der Waals surface area contributed by atoms with Crippen LogP contribution in [0.5, 0.6) is 11.5 Å². The highest BCUT2D eigenvalue weighted by molar-refractivity contribution is 9.10. The Morgan fingerprint density at radius 3 is 2.24 bits per heavy atom. The number of allylic oxidation sites excluding steroid dienone is 3. The number of phenolic OH excluding ortho intramolecular Hbond substituents is 1. The topological polar surface area (TPSA) is 83.7 Å². The van der Waals surface area contributed by atoms with Crippen LogP contribution >= 0.6 is 15.9 Å². The van der Waals surface area contributed by atoms with Gasteiger partial charge in [-0.05, 0) is 70.4 Å². The number of para-hydroxylation sites is 2. The van der Waals surface area contributed by atoms with Crippen LogP contribution < -0.4 is 15.4 Å². The summed E-state index contributed by atoms with van der Waals surface area (Å²) in [6, 6.07) is 27.4. The number of aromatic hydroxyl groups is 1. The van der Waals surface area contributed by atoms with Crippen LogP contribution in [0.25, 0.3) is 16.9 Å². The molecule has 0 aliphatic rings. The van der Waals surface area contributed by atoms with E-state index in [1.54, 1.807) is 22.8 Å². The van der Waals surface area contributed by atoms with Gasteiger partial charge in [0.1, 0.15) is 23.9 Å². The van der Waals surface area contributed by atoms with E-state index in [0.717, 1.165) is 22.6 Å². The van der Waals surface area contributed by atoms with E-state index in [0.29, 0.717) is 36.0 Å². The highest BCUT2D eigenvalue weighted by atomic mass is 79.9. The average Bonchev–Trinajstić information content (AvgIpc) is 3.44. The van der Waals surface area contributed by atoms with E-state index in [9.17, 15) is 5.11 Å². The molecule has 0 bridgehead atoms. The lowest BCUT2D eigenvalue weighted by Crippen LogP contribution is -2.08. The number of nitrogens with zero attached hydrogens (tertiary/aromatic N) is 3. The molecule has 0 saturated heterocycles. The number of ether oxygens (including phenoxy) is 1. The molecule has 7 nitrogen and oxygen atoms in total. The van der Waals surface area contributed by atoms with E-state index in [4.69, 9.17) is 4.74 Å². The second-order valence-corrected chi connectivity index (χ2v) is 11.0. The maximum atomic E-state index is 10.2. The van der Waals surface area contributed by atoms with Gasteiger partial charge < -0.3 is 20.5 Å². The van der Waals surface area contributed by atoms with Crippen LogP contribution in [0.15, 0.2) is 120 Å². The largest absolute Gasteiger partial charge is 0.507 e. The molecule has 0 radical (unpaired) electrons. The summed E-state index contributed by atoms with van der Waals surface area (Å²) in [4.78, 5) is 4.66. The molecule has 45 heavy (non-hydrogen) atoms. The molecular weight excluding hydrogens is 626 g/mol. The van der Waals surface area contributed by atoms with Gasteiger partial charge in [0.2, 0.25) is 0 Å². The molecule has 0 fully saturated rings. The zero-order valence-corrected chi connectivity index (χ0v) is 28.3. The second kappa shape index (κ2) is 19.1. The normalized spacial score (nSPS) is 10.9.